The van der Waals surface area contributed by atoms with E-state index in [9.17, 15) is 4.79 Å². The van der Waals surface area contributed by atoms with Crippen LogP contribution in [0.3, 0.4) is 0 Å². The number of ketones is 1. The van der Waals surface area contributed by atoms with Gasteiger partial charge in [0.1, 0.15) is 5.69 Å². The zero-order valence-electron chi connectivity index (χ0n) is 12.4. The molecule has 0 bridgehead atoms. The Kier molecular flexibility index (Phi) is 3.31. The normalized spacial score (nSPS) is 20.6. The number of rotatable bonds is 2. The monoisotopic (exact) mass is 261 g/mol. The Balaban J connectivity index is 2.37. The molecule has 1 aliphatic heterocycles. The summed E-state index contributed by atoms with van der Waals surface area (Å²) in [7, 11) is -0.454. The van der Waals surface area contributed by atoms with E-state index in [1.165, 1.54) is 6.92 Å². The quantitative estimate of drug-likeness (QED) is 0.602. The Hall–Kier alpha value is -1.20. The van der Waals surface area contributed by atoms with Crippen LogP contribution in [0.5, 0.6) is 0 Å². The highest BCUT2D eigenvalue weighted by atomic mass is 16.7. The Bertz CT molecular complexity index is 509. The topological polar surface area (TPSA) is 48.4 Å². The first kappa shape index (κ1) is 14.2. The maximum absolute atomic E-state index is 11.5. The highest BCUT2D eigenvalue weighted by molar-refractivity contribution is 6.62. The average Bonchev–Trinajstić information content (AvgIpc) is 2.47. The lowest BCUT2D eigenvalue weighted by Gasteiger charge is -2.32. The fourth-order valence-corrected chi connectivity index (χ4v) is 1.99. The second kappa shape index (κ2) is 4.42. The number of hydrogen-bond acceptors (Lipinski definition) is 4. The summed E-state index contributed by atoms with van der Waals surface area (Å²) in [6.45, 7) is 11.4. The zero-order chi connectivity index (χ0) is 14.4. The first-order valence-electron chi connectivity index (χ1n) is 6.47. The second-order valence-electron chi connectivity index (χ2n) is 6.07. The SMILES string of the molecule is CC(=O)c1cc(B2OC(C)(C)C(C)(C)O2)cc(C)n1. The van der Waals surface area contributed by atoms with Gasteiger partial charge in [-0.3, -0.25) is 9.78 Å². The lowest BCUT2D eigenvalue weighted by Crippen LogP contribution is -2.41. The number of aryl methyl sites for hydroxylation is 1. The predicted octanol–water partition coefficient (Wildman–Crippen LogP) is 1.89. The Morgan fingerprint density at radius 2 is 1.68 bits per heavy atom. The van der Waals surface area contributed by atoms with Crippen LogP contribution in [0.1, 0.15) is 50.8 Å². The summed E-state index contributed by atoms with van der Waals surface area (Å²) in [5, 5.41) is 0. The Morgan fingerprint density at radius 1 is 1.16 bits per heavy atom. The van der Waals surface area contributed by atoms with Crippen LogP contribution < -0.4 is 5.46 Å². The van der Waals surface area contributed by atoms with E-state index in [0.29, 0.717) is 5.69 Å². The maximum Gasteiger partial charge on any atom is 0.494 e. The summed E-state index contributed by atoms with van der Waals surface area (Å²) < 4.78 is 12.0. The van der Waals surface area contributed by atoms with Gasteiger partial charge in [0.15, 0.2) is 5.78 Å². The molecule has 0 amide bonds. The summed E-state index contributed by atoms with van der Waals surface area (Å²) in [5.41, 5.74) is 1.31. The van der Waals surface area contributed by atoms with Crippen molar-refractivity contribution in [3.63, 3.8) is 0 Å². The van der Waals surface area contributed by atoms with Crippen molar-refractivity contribution in [3.05, 3.63) is 23.5 Å². The van der Waals surface area contributed by atoms with Crippen LogP contribution in [0.4, 0.5) is 0 Å². The molecule has 0 atom stereocenters. The van der Waals surface area contributed by atoms with E-state index in [1.54, 1.807) is 6.07 Å². The largest absolute Gasteiger partial charge is 0.494 e. The Labute approximate surface area is 114 Å². The lowest BCUT2D eigenvalue weighted by atomic mass is 9.78. The van der Waals surface area contributed by atoms with Crippen LogP contribution in [0, 0.1) is 6.92 Å². The van der Waals surface area contributed by atoms with Gasteiger partial charge >= 0.3 is 7.12 Å². The minimum atomic E-state index is -0.454. The molecule has 0 radical (unpaired) electrons. The average molecular weight is 261 g/mol. The molecule has 1 aromatic rings. The van der Waals surface area contributed by atoms with Crippen molar-refractivity contribution in [2.45, 2.75) is 52.7 Å². The van der Waals surface area contributed by atoms with E-state index < -0.39 is 7.12 Å². The highest BCUT2D eigenvalue weighted by Crippen LogP contribution is 2.36. The van der Waals surface area contributed by atoms with E-state index in [0.717, 1.165) is 11.2 Å². The minimum absolute atomic E-state index is 0.0542. The third kappa shape index (κ3) is 2.58. The summed E-state index contributed by atoms with van der Waals surface area (Å²) in [6, 6.07) is 3.64. The van der Waals surface area contributed by atoms with Crippen molar-refractivity contribution in [2.24, 2.45) is 0 Å². The number of Topliss-reactive ketones (excluding diaryl/α,β-unsaturated/α-hetero) is 1. The third-order valence-corrected chi connectivity index (χ3v) is 3.86. The van der Waals surface area contributed by atoms with Crippen molar-refractivity contribution in [2.75, 3.05) is 0 Å². The van der Waals surface area contributed by atoms with Gasteiger partial charge in [-0.1, -0.05) is 0 Å². The first-order chi connectivity index (χ1) is 8.62. The van der Waals surface area contributed by atoms with Crippen LogP contribution in [-0.2, 0) is 9.31 Å². The van der Waals surface area contributed by atoms with Crippen molar-refractivity contribution in [3.8, 4) is 0 Å². The number of aromatic nitrogens is 1. The zero-order valence-corrected chi connectivity index (χ0v) is 12.4. The van der Waals surface area contributed by atoms with E-state index >= 15 is 0 Å². The highest BCUT2D eigenvalue weighted by Gasteiger charge is 2.51. The smallest absolute Gasteiger partial charge is 0.399 e. The van der Waals surface area contributed by atoms with Crippen molar-refractivity contribution in [1.82, 2.24) is 4.98 Å². The van der Waals surface area contributed by atoms with Crippen LogP contribution in [0.25, 0.3) is 0 Å². The molecule has 2 heterocycles. The molecule has 1 aliphatic rings. The molecular formula is C14H20BNO3. The van der Waals surface area contributed by atoms with E-state index in [-0.39, 0.29) is 17.0 Å². The number of pyridine rings is 1. The van der Waals surface area contributed by atoms with Gasteiger partial charge < -0.3 is 9.31 Å². The number of nitrogens with zero attached hydrogens (tertiary/aromatic N) is 1. The summed E-state index contributed by atoms with van der Waals surface area (Å²) in [6.07, 6.45) is 0. The molecule has 1 aromatic heterocycles. The van der Waals surface area contributed by atoms with Crippen LogP contribution in [0.2, 0.25) is 0 Å². The van der Waals surface area contributed by atoms with Crippen molar-refractivity contribution < 1.29 is 14.1 Å². The van der Waals surface area contributed by atoms with Gasteiger partial charge in [0.2, 0.25) is 0 Å². The summed E-state index contributed by atoms with van der Waals surface area (Å²) in [4.78, 5) is 15.7. The predicted molar refractivity (Wildman–Crippen MR) is 74.7 cm³/mol. The molecule has 4 nitrogen and oxygen atoms in total. The van der Waals surface area contributed by atoms with Crippen molar-refractivity contribution >= 4 is 18.4 Å². The molecule has 0 spiro atoms. The fourth-order valence-electron chi connectivity index (χ4n) is 1.99. The Morgan fingerprint density at radius 3 is 2.16 bits per heavy atom. The molecule has 5 heteroatoms. The standard InChI is InChI=1S/C14H20BNO3/c1-9-7-11(8-12(16-9)10(2)17)15-18-13(3,4)14(5,6)19-15/h7-8H,1-6H3. The fraction of sp³-hybridized carbons (Fsp3) is 0.571. The van der Waals surface area contributed by atoms with E-state index in [1.807, 2.05) is 40.7 Å². The second-order valence-corrected chi connectivity index (χ2v) is 6.07. The number of hydrogen-bond donors (Lipinski definition) is 0. The summed E-state index contributed by atoms with van der Waals surface area (Å²) >= 11 is 0. The van der Waals surface area contributed by atoms with E-state index in [4.69, 9.17) is 9.31 Å². The summed E-state index contributed by atoms with van der Waals surface area (Å²) in [5.74, 6) is -0.0542. The molecule has 2 rings (SSSR count). The van der Waals surface area contributed by atoms with Gasteiger partial charge in [0, 0.05) is 12.6 Å². The first-order valence-corrected chi connectivity index (χ1v) is 6.47. The molecule has 0 aliphatic carbocycles. The van der Waals surface area contributed by atoms with Gasteiger partial charge in [-0.15, -0.1) is 0 Å². The minimum Gasteiger partial charge on any atom is -0.399 e. The number of carbonyl (C=O) groups excluding carboxylic acids is 1. The van der Waals surface area contributed by atoms with Crippen LogP contribution in [0.15, 0.2) is 12.1 Å². The van der Waals surface area contributed by atoms with Gasteiger partial charge in [0.25, 0.3) is 0 Å². The molecule has 1 saturated heterocycles. The number of carbonyl (C=O) groups is 1. The van der Waals surface area contributed by atoms with Gasteiger partial charge in [-0.25, -0.2) is 0 Å². The van der Waals surface area contributed by atoms with Gasteiger partial charge in [0.05, 0.1) is 11.2 Å². The van der Waals surface area contributed by atoms with Crippen molar-refractivity contribution in [1.29, 1.82) is 0 Å². The van der Waals surface area contributed by atoms with Gasteiger partial charge in [-0.05, 0) is 52.2 Å². The van der Waals surface area contributed by atoms with Crippen LogP contribution in [-0.4, -0.2) is 29.1 Å². The lowest BCUT2D eigenvalue weighted by molar-refractivity contribution is 0.00578. The molecule has 0 unspecified atom stereocenters. The molecule has 0 aromatic carbocycles. The third-order valence-electron chi connectivity index (χ3n) is 3.86. The molecule has 102 valence electrons. The molecule has 19 heavy (non-hydrogen) atoms. The van der Waals surface area contributed by atoms with E-state index in [2.05, 4.69) is 4.98 Å². The molecule has 1 fully saturated rings. The maximum atomic E-state index is 11.5. The molecular weight excluding hydrogens is 241 g/mol. The van der Waals surface area contributed by atoms with Crippen LogP contribution >= 0.6 is 0 Å². The molecule has 0 saturated carbocycles. The molecule has 0 N–H and O–H groups in total. The van der Waals surface area contributed by atoms with Gasteiger partial charge in [-0.2, -0.15) is 0 Å².